The lowest BCUT2D eigenvalue weighted by molar-refractivity contribution is 0.281. The molecule has 0 bridgehead atoms. The van der Waals surface area contributed by atoms with E-state index in [-0.39, 0.29) is 42.3 Å². The van der Waals surface area contributed by atoms with E-state index in [2.05, 4.69) is 264 Å². The third kappa shape index (κ3) is 5.76. The van der Waals surface area contributed by atoms with Crippen LogP contribution < -0.4 is 26.8 Å². The van der Waals surface area contributed by atoms with Gasteiger partial charge in [0.05, 0.1) is 11.0 Å². The number of anilines is 3. The van der Waals surface area contributed by atoms with Gasteiger partial charge in [-0.1, -0.05) is 216 Å². The van der Waals surface area contributed by atoms with Crippen molar-refractivity contribution in [2.75, 3.05) is 4.90 Å². The van der Waals surface area contributed by atoms with Gasteiger partial charge in [0.25, 0.3) is 0 Å². The third-order valence-electron chi connectivity index (χ3n) is 15.3. The summed E-state index contributed by atoms with van der Waals surface area (Å²) in [5, 5.41) is 2.57. The summed E-state index contributed by atoms with van der Waals surface area (Å²) in [6.07, 6.45) is 19.5. The fraction of sp³-hybridized carbons (Fsp3) is 0.0820. The van der Waals surface area contributed by atoms with E-state index in [1.54, 1.807) is 0 Å². The molecule has 5 atom stereocenters. The molecule has 9 aromatic rings. The standard InChI is InChI=1S/C61H46B2N2/c1-3-19-45(20-4-1)64(46-21-5-2-6-22-46)47-39-35-43(36-40-47)62-55-29-13-9-25-51(55)61(52-26-10-14-30-56(52)62)53-27-11-15-31-57(53)63(58-32-16-12-28-54(58)61)44-37-41-48(42-38-44)65-59-33-17-7-23-49(59)50-24-8-18-34-60(50)65/h1-42,51,53,55,57H. The Morgan fingerprint density at radius 3 is 1.28 bits per heavy atom. The van der Waals surface area contributed by atoms with E-state index in [0.717, 1.165) is 17.1 Å². The largest absolute Gasteiger partial charge is 0.311 e. The maximum atomic E-state index is 2.57. The van der Waals surface area contributed by atoms with Crippen LogP contribution >= 0.6 is 0 Å². The zero-order valence-corrected chi connectivity index (χ0v) is 36.1. The van der Waals surface area contributed by atoms with Crippen molar-refractivity contribution in [1.82, 2.24) is 4.57 Å². The smallest absolute Gasteiger partial charge is 0.217 e. The molecular formula is C61H46B2N2. The first-order valence-corrected chi connectivity index (χ1v) is 23.3. The van der Waals surface area contributed by atoms with Crippen LogP contribution in [-0.4, -0.2) is 18.0 Å². The summed E-state index contributed by atoms with van der Waals surface area (Å²) in [5.74, 6) is 0.999. The minimum absolute atomic E-state index is 0.193. The number of para-hydroxylation sites is 4. The van der Waals surface area contributed by atoms with Gasteiger partial charge in [-0.05, 0) is 95.3 Å². The first-order chi connectivity index (χ1) is 32.3. The molecule has 65 heavy (non-hydrogen) atoms. The van der Waals surface area contributed by atoms with E-state index in [1.807, 2.05) is 0 Å². The monoisotopic (exact) mass is 828 g/mol. The van der Waals surface area contributed by atoms with Crippen LogP contribution in [0.4, 0.5) is 17.1 Å². The van der Waals surface area contributed by atoms with Gasteiger partial charge in [-0.25, -0.2) is 0 Å². The number of hydrogen-bond donors (Lipinski definition) is 0. The van der Waals surface area contributed by atoms with Gasteiger partial charge in [-0.2, -0.15) is 0 Å². The molecule has 2 nitrogen and oxygen atoms in total. The van der Waals surface area contributed by atoms with Crippen LogP contribution in [0.3, 0.4) is 0 Å². The normalized spacial score (nSPS) is 21.3. The highest BCUT2D eigenvalue weighted by Gasteiger charge is 2.61. The van der Waals surface area contributed by atoms with Gasteiger partial charge in [0, 0.05) is 38.9 Å². The summed E-state index contributed by atoms with van der Waals surface area (Å²) >= 11 is 0. The number of fused-ring (bicyclic) bond motifs is 11. The van der Waals surface area contributed by atoms with Gasteiger partial charge >= 0.3 is 0 Å². The van der Waals surface area contributed by atoms with Gasteiger partial charge in [-0.15, -0.1) is 0 Å². The highest BCUT2D eigenvalue weighted by atomic mass is 15.1. The molecule has 2 aliphatic heterocycles. The van der Waals surface area contributed by atoms with Crippen molar-refractivity contribution in [3.05, 3.63) is 266 Å². The summed E-state index contributed by atoms with van der Waals surface area (Å²) in [7, 11) is 0. The third-order valence-corrected chi connectivity index (χ3v) is 15.3. The molecule has 13 rings (SSSR count). The Morgan fingerprint density at radius 2 is 0.769 bits per heavy atom. The number of hydrogen-bond acceptors (Lipinski definition) is 1. The maximum absolute atomic E-state index is 2.57. The number of benzene rings is 8. The summed E-state index contributed by atoms with van der Waals surface area (Å²) in [5.41, 5.74) is 15.4. The van der Waals surface area contributed by atoms with Gasteiger partial charge in [0.1, 0.15) is 0 Å². The van der Waals surface area contributed by atoms with Crippen LogP contribution in [0.1, 0.15) is 11.1 Å². The van der Waals surface area contributed by atoms with Crippen molar-refractivity contribution in [2.24, 2.45) is 11.8 Å². The van der Waals surface area contributed by atoms with Gasteiger partial charge in [-0.3, -0.25) is 0 Å². The summed E-state index contributed by atoms with van der Waals surface area (Å²) in [6, 6.07) is 77.0. The van der Waals surface area contributed by atoms with Crippen LogP contribution in [0, 0.1) is 11.8 Å². The van der Waals surface area contributed by atoms with Crippen molar-refractivity contribution in [3.8, 4) is 5.69 Å². The van der Waals surface area contributed by atoms with E-state index in [1.165, 1.54) is 60.5 Å². The SMILES string of the molecule is C1=CC2B(c3ccc(N(c4ccccc4)c4ccccc4)cc3)c3ccccc3C3(c4ccccc4B(c4ccc(-n5c6ccccc6c6ccccc65)cc4)C4C=CC=CC43)C2C=C1. The predicted octanol–water partition coefficient (Wildman–Crippen LogP) is 12.0. The number of nitrogens with zero attached hydrogens (tertiary/aromatic N) is 2. The second kappa shape index (κ2) is 15.3. The van der Waals surface area contributed by atoms with Gasteiger partial charge < -0.3 is 9.47 Å². The quantitative estimate of drug-likeness (QED) is 0.152. The van der Waals surface area contributed by atoms with Crippen molar-refractivity contribution in [3.63, 3.8) is 0 Å². The fourth-order valence-electron chi connectivity index (χ4n) is 12.9. The minimum Gasteiger partial charge on any atom is -0.311 e. The topological polar surface area (TPSA) is 8.17 Å². The molecule has 2 aliphatic carbocycles. The number of aromatic nitrogens is 1. The molecule has 0 saturated carbocycles. The molecule has 1 spiro atoms. The van der Waals surface area contributed by atoms with E-state index < -0.39 is 0 Å². The predicted molar refractivity (Wildman–Crippen MR) is 277 cm³/mol. The molecule has 0 fully saturated rings. The van der Waals surface area contributed by atoms with Crippen molar-refractivity contribution in [2.45, 2.75) is 17.0 Å². The molecular weight excluding hydrogens is 782 g/mol. The highest BCUT2D eigenvalue weighted by molar-refractivity contribution is 6.88. The second-order valence-corrected chi connectivity index (χ2v) is 18.3. The van der Waals surface area contributed by atoms with Crippen LogP contribution in [0.25, 0.3) is 27.5 Å². The molecule has 5 unspecified atom stereocenters. The molecule has 4 heteroatoms. The van der Waals surface area contributed by atoms with E-state index in [4.69, 9.17) is 0 Å². The lowest BCUT2D eigenvalue weighted by atomic mass is 9.19. The summed E-state index contributed by atoms with van der Waals surface area (Å²) < 4.78 is 2.43. The first-order valence-electron chi connectivity index (χ1n) is 23.3. The molecule has 0 N–H and O–H groups in total. The maximum Gasteiger partial charge on any atom is 0.217 e. The zero-order chi connectivity index (χ0) is 42.9. The Bertz CT molecular complexity index is 3270. The van der Waals surface area contributed by atoms with Gasteiger partial charge in [0.15, 0.2) is 0 Å². The number of allylic oxidation sites excluding steroid dienone is 8. The second-order valence-electron chi connectivity index (χ2n) is 18.3. The van der Waals surface area contributed by atoms with Crippen molar-refractivity contribution >= 4 is 74.1 Å². The Hall–Kier alpha value is -7.55. The molecule has 0 amide bonds. The molecule has 0 saturated heterocycles. The summed E-state index contributed by atoms with van der Waals surface area (Å²) in [6.45, 7) is 0.394. The number of rotatable bonds is 6. The molecule has 8 aromatic carbocycles. The first kappa shape index (κ1) is 38.0. The summed E-state index contributed by atoms with van der Waals surface area (Å²) in [4.78, 5) is 2.36. The average molecular weight is 829 g/mol. The molecule has 0 radical (unpaired) electrons. The molecule has 1 aromatic heterocycles. The zero-order valence-electron chi connectivity index (χ0n) is 36.1. The van der Waals surface area contributed by atoms with Crippen molar-refractivity contribution < 1.29 is 0 Å². The van der Waals surface area contributed by atoms with Crippen LogP contribution in [0.5, 0.6) is 0 Å². The molecule has 306 valence electrons. The lowest BCUT2D eigenvalue weighted by Gasteiger charge is -2.59. The van der Waals surface area contributed by atoms with Crippen LogP contribution in [0.15, 0.2) is 255 Å². The van der Waals surface area contributed by atoms with E-state index >= 15 is 0 Å². The average Bonchev–Trinajstić information content (AvgIpc) is 3.72. The van der Waals surface area contributed by atoms with E-state index in [9.17, 15) is 0 Å². The fourth-order valence-corrected chi connectivity index (χ4v) is 12.9. The molecule has 4 aliphatic rings. The van der Waals surface area contributed by atoms with Gasteiger partial charge in [0.2, 0.25) is 13.4 Å². The minimum atomic E-state index is -0.279. The molecule has 3 heterocycles. The Balaban J connectivity index is 0.943. The van der Waals surface area contributed by atoms with E-state index in [0.29, 0.717) is 0 Å². The Labute approximate surface area is 382 Å². The Morgan fingerprint density at radius 1 is 0.369 bits per heavy atom. The van der Waals surface area contributed by atoms with Crippen molar-refractivity contribution in [1.29, 1.82) is 0 Å². The van der Waals surface area contributed by atoms with Crippen LogP contribution in [0.2, 0.25) is 11.6 Å². The Kier molecular flexibility index (Phi) is 8.94. The highest BCUT2D eigenvalue weighted by Crippen LogP contribution is 2.60. The lowest BCUT2D eigenvalue weighted by Crippen LogP contribution is -2.67. The van der Waals surface area contributed by atoms with Crippen LogP contribution in [-0.2, 0) is 5.41 Å².